The highest BCUT2D eigenvalue weighted by Gasteiger charge is 2.40. The van der Waals surface area contributed by atoms with Gasteiger partial charge in [0.25, 0.3) is 0 Å². The highest BCUT2D eigenvalue weighted by molar-refractivity contribution is 7.71. The Kier molecular flexibility index (Phi) is 8.54. The highest BCUT2D eigenvalue weighted by atomic mass is 31.1. The van der Waals surface area contributed by atoms with Gasteiger partial charge in [-0.05, 0) is 46.2 Å². The minimum Gasteiger partial charge on any atom is -0.266 e. The van der Waals surface area contributed by atoms with Crippen LogP contribution in [0, 0.1) is 0 Å². The van der Waals surface area contributed by atoms with E-state index in [1.54, 1.807) is 0 Å². The van der Waals surface area contributed by atoms with Gasteiger partial charge in [-0.1, -0.05) is 109 Å². The molecule has 0 aromatic heterocycles. The van der Waals surface area contributed by atoms with Crippen LogP contribution in [0.2, 0.25) is 0 Å². The summed E-state index contributed by atoms with van der Waals surface area (Å²) in [5.41, 5.74) is 3.00. The summed E-state index contributed by atoms with van der Waals surface area (Å²) in [5, 5.41) is 5.97. The van der Waals surface area contributed by atoms with Gasteiger partial charge in [0, 0.05) is 58.1 Å². The van der Waals surface area contributed by atoms with E-state index in [2.05, 4.69) is 132 Å². The molecule has 2 nitrogen and oxygen atoms in total. The molecule has 2 aliphatic rings. The third kappa shape index (κ3) is 4.62. The zero-order valence-electron chi connectivity index (χ0n) is 20.9. The van der Waals surface area contributed by atoms with E-state index in [1.165, 1.54) is 32.3 Å². The molecule has 0 amide bonds. The van der Waals surface area contributed by atoms with Crippen LogP contribution >= 0.6 is 16.1 Å². The van der Waals surface area contributed by atoms with E-state index < -0.39 is 16.1 Å². The second kappa shape index (κ2) is 11.5. The molecule has 2 aliphatic heterocycles. The molecule has 4 atom stereocenters. The Morgan fingerprint density at radius 3 is 1.22 bits per heavy atom. The summed E-state index contributed by atoms with van der Waals surface area (Å²) >= 11 is 0. The van der Waals surface area contributed by atoms with Gasteiger partial charge >= 0.3 is 0 Å². The molecular weight excluding hydrogens is 472 g/mol. The monoisotopic (exact) mass is 502 g/mol. The third-order valence-corrected chi connectivity index (χ3v) is 12.6. The fraction of sp³-hybridized carbons (Fsp3) is 0.200. The summed E-state index contributed by atoms with van der Waals surface area (Å²) in [5.74, 6) is 0. The quantitative estimate of drug-likeness (QED) is 0.278. The van der Waals surface area contributed by atoms with Gasteiger partial charge in [-0.25, -0.2) is 0 Å². The standard InChI is InChI=1S/C30H30N2P2.2B/c1-23-27-17-9-11-19-29(27)33(25-13-5-3-6-14-25)31(23)21-22-32-24(2)28-18-10-12-20-30(28)34(32)26-15-7-4-8-16-26;;/h3-20,23-24H,21-22H2,1-2H3;;/t23-,24-,33-,34+;;/m0../s1. The molecule has 6 heteroatoms. The summed E-state index contributed by atoms with van der Waals surface area (Å²) in [4.78, 5) is 0. The van der Waals surface area contributed by atoms with Crippen LogP contribution in [-0.4, -0.2) is 39.3 Å². The third-order valence-electron chi connectivity index (χ3n) is 7.20. The first kappa shape index (κ1) is 26.8. The van der Waals surface area contributed by atoms with Crippen molar-refractivity contribution in [3.05, 3.63) is 120 Å². The zero-order chi connectivity index (χ0) is 23.1. The Bertz CT molecular complexity index is 1190. The Morgan fingerprint density at radius 2 is 0.833 bits per heavy atom. The first-order valence-corrected chi connectivity index (χ1v) is 14.7. The van der Waals surface area contributed by atoms with Crippen molar-refractivity contribution in [2.45, 2.75) is 25.9 Å². The molecule has 0 bridgehead atoms. The number of nitrogens with zero attached hydrogens (tertiary/aromatic N) is 2. The van der Waals surface area contributed by atoms with Crippen LogP contribution in [0.25, 0.3) is 0 Å². The van der Waals surface area contributed by atoms with E-state index in [4.69, 9.17) is 0 Å². The number of hydrogen-bond acceptors (Lipinski definition) is 2. The van der Waals surface area contributed by atoms with Gasteiger partial charge in [-0.2, -0.15) is 0 Å². The zero-order valence-corrected chi connectivity index (χ0v) is 22.7. The fourth-order valence-corrected chi connectivity index (χ4v) is 11.1. The second-order valence-corrected chi connectivity index (χ2v) is 13.4. The maximum absolute atomic E-state index is 2.78. The number of benzene rings is 4. The van der Waals surface area contributed by atoms with Gasteiger partial charge in [0.2, 0.25) is 0 Å². The lowest BCUT2D eigenvalue weighted by Gasteiger charge is -2.34. The SMILES string of the molecule is C[C@H]1c2ccccc2[P@@](c2ccccc2)N1CCN1[C@@H](C)c2ccccc2[P@]1c1ccccc1.[B].[B]. The summed E-state index contributed by atoms with van der Waals surface area (Å²) in [6.45, 7) is 6.93. The molecule has 4 aromatic rings. The molecule has 0 saturated carbocycles. The molecule has 36 heavy (non-hydrogen) atoms. The molecule has 0 spiro atoms. The molecule has 2 heterocycles. The Balaban J connectivity index is 0.00000152. The molecule has 176 valence electrons. The molecule has 0 unspecified atom stereocenters. The average Bonchev–Trinajstić information content (AvgIpc) is 3.34. The number of rotatable bonds is 5. The molecule has 0 N–H and O–H groups in total. The van der Waals surface area contributed by atoms with Gasteiger partial charge in [0.05, 0.1) is 0 Å². The largest absolute Gasteiger partial charge is 0.266 e. The fourth-order valence-electron chi connectivity index (χ4n) is 5.52. The van der Waals surface area contributed by atoms with Crippen molar-refractivity contribution in [2.24, 2.45) is 0 Å². The van der Waals surface area contributed by atoms with Crippen LogP contribution in [0.5, 0.6) is 0 Å². The summed E-state index contributed by atoms with van der Waals surface area (Å²) < 4.78 is 5.56. The second-order valence-electron chi connectivity index (χ2n) is 9.09. The van der Waals surface area contributed by atoms with Crippen LogP contribution in [0.4, 0.5) is 0 Å². The van der Waals surface area contributed by atoms with Gasteiger partial charge in [0.1, 0.15) is 0 Å². The Hall–Kier alpha value is -2.21. The molecule has 4 aromatic carbocycles. The normalized spacial score (nSPS) is 22.8. The Morgan fingerprint density at radius 1 is 0.500 bits per heavy atom. The molecule has 0 aliphatic carbocycles. The van der Waals surface area contributed by atoms with Crippen LogP contribution in [0.3, 0.4) is 0 Å². The van der Waals surface area contributed by atoms with Gasteiger partial charge < -0.3 is 0 Å². The summed E-state index contributed by atoms with van der Waals surface area (Å²) in [7, 11) is -1.01. The van der Waals surface area contributed by atoms with Crippen LogP contribution in [-0.2, 0) is 0 Å². The van der Waals surface area contributed by atoms with E-state index in [0.29, 0.717) is 12.1 Å². The van der Waals surface area contributed by atoms with Crippen LogP contribution < -0.4 is 21.2 Å². The van der Waals surface area contributed by atoms with Crippen molar-refractivity contribution in [1.29, 1.82) is 0 Å². The highest BCUT2D eigenvalue weighted by Crippen LogP contribution is 2.54. The van der Waals surface area contributed by atoms with Gasteiger partial charge in [0.15, 0.2) is 0 Å². The number of fused-ring (bicyclic) bond motifs is 2. The average molecular weight is 502 g/mol. The lowest BCUT2D eigenvalue weighted by Crippen LogP contribution is -2.33. The predicted molar refractivity (Wildman–Crippen MR) is 160 cm³/mol. The minimum atomic E-state index is -0.507. The molecule has 0 fully saturated rings. The molecule has 6 radical (unpaired) electrons. The topological polar surface area (TPSA) is 6.48 Å². The predicted octanol–water partition coefficient (Wildman–Crippen LogP) is 5.07. The smallest absolute Gasteiger partial charge is 0.0369 e. The van der Waals surface area contributed by atoms with Crippen LogP contribution in [0.15, 0.2) is 109 Å². The lowest BCUT2D eigenvalue weighted by atomic mass is 10.1. The van der Waals surface area contributed by atoms with Gasteiger partial charge in [-0.3, -0.25) is 9.34 Å². The Labute approximate surface area is 222 Å². The maximum atomic E-state index is 2.78. The van der Waals surface area contributed by atoms with Crippen molar-refractivity contribution in [3.8, 4) is 0 Å². The van der Waals surface area contributed by atoms with E-state index >= 15 is 0 Å². The van der Waals surface area contributed by atoms with E-state index in [0.717, 1.165) is 13.1 Å². The maximum Gasteiger partial charge on any atom is 0.0369 e. The van der Waals surface area contributed by atoms with E-state index in [1.807, 2.05) is 0 Å². The van der Waals surface area contributed by atoms with Gasteiger partial charge in [-0.15, -0.1) is 0 Å². The van der Waals surface area contributed by atoms with Crippen molar-refractivity contribution < 1.29 is 0 Å². The first-order valence-electron chi connectivity index (χ1n) is 12.2. The van der Waals surface area contributed by atoms with Crippen molar-refractivity contribution in [3.63, 3.8) is 0 Å². The van der Waals surface area contributed by atoms with E-state index in [9.17, 15) is 0 Å². The molecular formula is C30H30B2N2P2. The molecule has 6 rings (SSSR count). The van der Waals surface area contributed by atoms with Crippen molar-refractivity contribution in [1.82, 2.24) is 9.34 Å². The summed E-state index contributed by atoms with van der Waals surface area (Å²) in [6.07, 6.45) is 0. The van der Waals surface area contributed by atoms with E-state index in [-0.39, 0.29) is 16.8 Å². The number of hydrogen-bond donors (Lipinski definition) is 0. The lowest BCUT2D eigenvalue weighted by molar-refractivity contribution is 0.311. The van der Waals surface area contributed by atoms with Crippen molar-refractivity contribution in [2.75, 3.05) is 13.1 Å². The minimum absolute atomic E-state index is 0. The summed E-state index contributed by atoms with van der Waals surface area (Å²) in [6, 6.07) is 41.4. The van der Waals surface area contributed by atoms with Crippen LogP contribution in [0.1, 0.15) is 37.1 Å². The van der Waals surface area contributed by atoms with Crippen molar-refractivity contribution >= 4 is 54.2 Å². The molecule has 0 saturated heterocycles. The first-order chi connectivity index (χ1) is 16.7.